The van der Waals surface area contributed by atoms with Gasteiger partial charge < -0.3 is 0 Å². The van der Waals surface area contributed by atoms with Gasteiger partial charge in [-0.1, -0.05) is 25.4 Å². The third kappa shape index (κ3) is 4.03. The summed E-state index contributed by atoms with van der Waals surface area (Å²) in [5, 5.41) is 5.42. The zero-order valence-corrected chi connectivity index (χ0v) is 12.4. The maximum absolute atomic E-state index is 11.8. The van der Waals surface area contributed by atoms with E-state index in [0.29, 0.717) is 22.4 Å². The molecular formula is C12H19ClN2OS. The lowest BCUT2D eigenvalue weighted by atomic mass is 10.2. The average molecular weight is 275 g/mol. The molecule has 0 aliphatic carbocycles. The number of aryl methyl sites for hydroxylation is 2. The Hall–Kier alpha value is -0.480. The van der Waals surface area contributed by atoms with Gasteiger partial charge in [-0.3, -0.25) is 9.48 Å². The van der Waals surface area contributed by atoms with Crippen molar-refractivity contribution in [3.8, 4) is 0 Å². The molecule has 0 radical (unpaired) electrons. The molecule has 1 aromatic rings. The van der Waals surface area contributed by atoms with E-state index in [2.05, 4.69) is 18.9 Å². The van der Waals surface area contributed by atoms with Crippen molar-refractivity contribution in [3.05, 3.63) is 16.4 Å². The molecule has 0 saturated carbocycles. The second-order valence-corrected chi connectivity index (χ2v) is 6.18. The normalized spacial score (nSPS) is 11.2. The highest BCUT2D eigenvalue weighted by molar-refractivity contribution is 8.00. The Morgan fingerprint density at radius 2 is 2.18 bits per heavy atom. The fourth-order valence-electron chi connectivity index (χ4n) is 1.54. The molecule has 0 saturated heterocycles. The number of Topliss-reactive ketones (excluding diaryl/α,β-unsaturated/α-hetero) is 1. The Kier molecular flexibility index (Phi) is 5.53. The molecule has 0 atom stereocenters. The summed E-state index contributed by atoms with van der Waals surface area (Å²) in [6.45, 7) is 8.79. The molecule has 1 heterocycles. The maximum Gasteiger partial charge on any atom is 0.148 e. The Labute approximate surface area is 112 Å². The first-order valence-electron chi connectivity index (χ1n) is 5.80. The molecule has 0 N–H and O–H groups in total. The second kappa shape index (κ2) is 6.45. The van der Waals surface area contributed by atoms with E-state index in [0.717, 1.165) is 17.9 Å². The molecule has 5 heteroatoms. The molecule has 3 nitrogen and oxygen atoms in total. The van der Waals surface area contributed by atoms with E-state index >= 15 is 0 Å². The fourth-order valence-corrected chi connectivity index (χ4v) is 2.36. The summed E-state index contributed by atoms with van der Waals surface area (Å²) >= 11 is 7.82. The summed E-state index contributed by atoms with van der Waals surface area (Å²) in [7, 11) is 0. The number of carbonyl (C=O) groups is 1. The molecule has 96 valence electrons. The number of thioether (sulfide) groups is 1. The molecule has 0 unspecified atom stereocenters. The number of hydrogen-bond acceptors (Lipinski definition) is 3. The van der Waals surface area contributed by atoms with Gasteiger partial charge in [0.05, 0.1) is 28.6 Å². The smallest absolute Gasteiger partial charge is 0.148 e. The molecule has 1 aromatic heterocycles. The van der Waals surface area contributed by atoms with E-state index < -0.39 is 0 Å². The molecule has 0 aliphatic rings. The fraction of sp³-hybridized carbons (Fsp3) is 0.667. The highest BCUT2D eigenvalue weighted by atomic mass is 35.5. The molecule has 0 aromatic carbocycles. The lowest BCUT2D eigenvalue weighted by molar-refractivity contribution is -0.116. The SMILES string of the molecule is CCn1nc(C)c(Cl)c1CC(=O)CSC(C)C. The van der Waals surface area contributed by atoms with Crippen LogP contribution in [0.25, 0.3) is 0 Å². The number of ketones is 1. The maximum atomic E-state index is 11.8. The second-order valence-electron chi connectivity index (χ2n) is 4.24. The molecular weight excluding hydrogens is 256 g/mol. The van der Waals surface area contributed by atoms with Gasteiger partial charge in [-0.05, 0) is 19.1 Å². The van der Waals surface area contributed by atoms with Crippen LogP contribution >= 0.6 is 23.4 Å². The summed E-state index contributed by atoms with van der Waals surface area (Å²) < 4.78 is 1.82. The van der Waals surface area contributed by atoms with E-state index in [1.165, 1.54) is 0 Å². The van der Waals surface area contributed by atoms with Crippen LogP contribution in [0.15, 0.2) is 0 Å². The van der Waals surface area contributed by atoms with E-state index in [1.54, 1.807) is 11.8 Å². The van der Waals surface area contributed by atoms with Gasteiger partial charge in [-0.2, -0.15) is 16.9 Å². The van der Waals surface area contributed by atoms with Crippen molar-refractivity contribution in [2.24, 2.45) is 0 Å². The van der Waals surface area contributed by atoms with Crippen molar-refractivity contribution in [2.45, 2.75) is 45.9 Å². The van der Waals surface area contributed by atoms with Crippen molar-refractivity contribution in [1.29, 1.82) is 0 Å². The number of aromatic nitrogens is 2. The number of hydrogen-bond donors (Lipinski definition) is 0. The monoisotopic (exact) mass is 274 g/mol. The summed E-state index contributed by atoms with van der Waals surface area (Å²) in [6.07, 6.45) is 0.382. The summed E-state index contributed by atoms with van der Waals surface area (Å²) in [5.74, 6) is 0.752. The van der Waals surface area contributed by atoms with Gasteiger partial charge in [-0.25, -0.2) is 0 Å². The summed E-state index contributed by atoms with van der Waals surface area (Å²) in [4.78, 5) is 11.8. The van der Waals surface area contributed by atoms with Crippen LogP contribution in [0.2, 0.25) is 5.02 Å². The quantitative estimate of drug-likeness (QED) is 0.799. The number of carbonyl (C=O) groups excluding carboxylic acids is 1. The van der Waals surface area contributed by atoms with Crippen molar-refractivity contribution >= 4 is 29.1 Å². The predicted molar refractivity (Wildman–Crippen MR) is 74.0 cm³/mol. The Morgan fingerprint density at radius 1 is 1.53 bits per heavy atom. The largest absolute Gasteiger partial charge is 0.298 e. The first kappa shape index (κ1) is 14.6. The van der Waals surface area contributed by atoms with Gasteiger partial charge in [-0.15, -0.1) is 0 Å². The van der Waals surface area contributed by atoms with Gasteiger partial charge in [0.1, 0.15) is 5.78 Å². The Bertz CT molecular complexity index is 401. The van der Waals surface area contributed by atoms with Crippen molar-refractivity contribution in [2.75, 3.05) is 5.75 Å². The van der Waals surface area contributed by atoms with Gasteiger partial charge in [0.25, 0.3) is 0 Å². The summed E-state index contributed by atoms with van der Waals surface area (Å²) in [6, 6.07) is 0. The number of nitrogens with zero attached hydrogens (tertiary/aromatic N) is 2. The Balaban J connectivity index is 2.70. The molecule has 0 amide bonds. The first-order valence-corrected chi connectivity index (χ1v) is 7.23. The number of rotatable bonds is 6. The first-order chi connectivity index (χ1) is 7.95. The minimum Gasteiger partial charge on any atom is -0.298 e. The highest BCUT2D eigenvalue weighted by Crippen LogP contribution is 2.21. The van der Waals surface area contributed by atoms with Crippen LogP contribution in [0.4, 0.5) is 0 Å². The van der Waals surface area contributed by atoms with Crippen LogP contribution in [0.5, 0.6) is 0 Å². The van der Waals surface area contributed by atoms with Gasteiger partial charge >= 0.3 is 0 Å². The van der Waals surface area contributed by atoms with Crippen molar-refractivity contribution in [1.82, 2.24) is 9.78 Å². The molecule has 1 rings (SSSR count). The van der Waals surface area contributed by atoms with Crippen LogP contribution in [0.1, 0.15) is 32.2 Å². The molecule has 0 fully saturated rings. The molecule has 17 heavy (non-hydrogen) atoms. The number of halogens is 1. The van der Waals surface area contributed by atoms with Crippen molar-refractivity contribution in [3.63, 3.8) is 0 Å². The predicted octanol–water partition coefficient (Wildman–Crippen LogP) is 3.12. The van der Waals surface area contributed by atoms with E-state index in [9.17, 15) is 4.79 Å². The zero-order chi connectivity index (χ0) is 13.0. The standard InChI is InChI=1S/C12H19ClN2OS/c1-5-15-11(12(13)9(4)14-15)6-10(16)7-17-8(2)3/h8H,5-7H2,1-4H3. The lowest BCUT2D eigenvalue weighted by Gasteiger charge is -2.06. The van der Waals surface area contributed by atoms with E-state index in [4.69, 9.17) is 11.6 Å². The third-order valence-corrected chi connectivity index (χ3v) is 4.04. The highest BCUT2D eigenvalue weighted by Gasteiger charge is 2.16. The van der Waals surface area contributed by atoms with E-state index in [1.807, 2.05) is 18.5 Å². The van der Waals surface area contributed by atoms with Crippen LogP contribution in [-0.2, 0) is 17.8 Å². The van der Waals surface area contributed by atoms with Crippen LogP contribution in [-0.4, -0.2) is 26.6 Å². The van der Waals surface area contributed by atoms with Crippen LogP contribution in [0.3, 0.4) is 0 Å². The lowest BCUT2D eigenvalue weighted by Crippen LogP contribution is -2.12. The van der Waals surface area contributed by atoms with Crippen molar-refractivity contribution < 1.29 is 4.79 Å². The van der Waals surface area contributed by atoms with Gasteiger partial charge in [0.2, 0.25) is 0 Å². The van der Waals surface area contributed by atoms with Crippen LogP contribution < -0.4 is 0 Å². The van der Waals surface area contributed by atoms with Gasteiger partial charge in [0.15, 0.2) is 0 Å². The van der Waals surface area contributed by atoms with E-state index in [-0.39, 0.29) is 5.78 Å². The minimum absolute atomic E-state index is 0.209. The summed E-state index contributed by atoms with van der Waals surface area (Å²) in [5.41, 5.74) is 1.65. The van der Waals surface area contributed by atoms with Gasteiger partial charge in [0, 0.05) is 6.54 Å². The molecule has 0 bridgehead atoms. The Morgan fingerprint density at radius 3 is 2.71 bits per heavy atom. The van der Waals surface area contributed by atoms with Crippen LogP contribution in [0, 0.1) is 6.92 Å². The molecule has 0 spiro atoms. The third-order valence-electron chi connectivity index (χ3n) is 2.40. The minimum atomic E-state index is 0.209. The average Bonchev–Trinajstić information content (AvgIpc) is 2.54. The zero-order valence-electron chi connectivity index (χ0n) is 10.8. The topological polar surface area (TPSA) is 34.9 Å². The molecule has 0 aliphatic heterocycles.